The number of nitrogens with zero attached hydrogens (tertiary/aromatic N) is 1. The van der Waals surface area contributed by atoms with E-state index in [2.05, 4.69) is 5.32 Å². The van der Waals surface area contributed by atoms with Gasteiger partial charge in [0.15, 0.2) is 0 Å². The van der Waals surface area contributed by atoms with Gasteiger partial charge in [-0.1, -0.05) is 0 Å². The molecule has 2 nitrogen and oxygen atoms in total. The SMILES string of the molecule is CNCc1c(C(F)(F)F)n(C)c2ccc(F)cc12. The van der Waals surface area contributed by atoms with Crippen LogP contribution >= 0.6 is 0 Å². The van der Waals surface area contributed by atoms with Crippen LogP contribution in [0.3, 0.4) is 0 Å². The van der Waals surface area contributed by atoms with Gasteiger partial charge in [-0.15, -0.1) is 0 Å². The van der Waals surface area contributed by atoms with Crippen molar-refractivity contribution in [1.82, 2.24) is 9.88 Å². The summed E-state index contributed by atoms with van der Waals surface area (Å²) in [5.41, 5.74) is -0.298. The van der Waals surface area contributed by atoms with Gasteiger partial charge in [-0.3, -0.25) is 0 Å². The van der Waals surface area contributed by atoms with Crippen LogP contribution in [0.5, 0.6) is 0 Å². The first kappa shape index (κ1) is 12.9. The van der Waals surface area contributed by atoms with Gasteiger partial charge < -0.3 is 9.88 Å². The average molecular weight is 260 g/mol. The van der Waals surface area contributed by atoms with Crippen molar-refractivity contribution < 1.29 is 17.6 Å². The number of alkyl halides is 3. The molecular formula is C12H12F4N2. The first-order valence-electron chi connectivity index (χ1n) is 5.35. The lowest BCUT2D eigenvalue weighted by Crippen LogP contribution is -2.16. The smallest absolute Gasteiger partial charge is 0.340 e. The average Bonchev–Trinajstić information content (AvgIpc) is 2.52. The molecule has 1 N–H and O–H groups in total. The molecule has 2 aromatic rings. The number of aromatic nitrogens is 1. The molecule has 0 unspecified atom stereocenters. The molecular weight excluding hydrogens is 248 g/mol. The van der Waals surface area contributed by atoms with Gasteiger partial charge in [0.05, 0.1) is 0 Å². The van der Waals surface area contributed by atoms with Crippen LogP contribution in [0.15, 0.2) is 18.2 Å². The second kappa shape index (κ2) is 4.28. The van der Waals surface area contributed by atoms with Crippen molar-refractivity contribution in [2.24, 2.45) is 7.05 Å². The van der Waals surface area contributed by atoms with Crippen molar-refractivity contribution in [1.29, 1.82) is 0 Å². The van der Waals surface area contributed by atoms with Gasteiger partial charge in [0.25, 0.3) is 0 Å². The van der Waals surface area contributed by atoms with E-state index in [-0.39, 0.29) is 12.1 Å². The Hall–Kier alpha value is -1.56. The lowest BCUT2D eigenvalue weighted by molar-refractivity contribution is -0.143. The predicted molar refractivity (Wildman–Crippen MR) is 60.6 cm³/mol. The molecule has 0 aliphatic carbocycles. The largest absolute Gasteiger partial charge is 0.431 e. The molecule has 0 amide bonds. The van der Waals surface area contributed by atoms with E-state index in [0.29, 0.717) is 10.9 Å². The highest BCUT2D eigenvalue weighted by molar-refractivity contribution is 5.85. The summed E-state index contributed by atoms with van der Waals surface area (Å²) < 4.78 is 53.3. The maximum atomic E-state index is 13.2. The van der Waals surface area contributed by atoms with Crippen LogP contribution in [0.2, 0.25) is 0 Å². The Labute approximate surface area is 101 Å². The minimum Gasteiger partial charge on any atom is -0.340 e. The highest BCUT2D eigenvalue weighted by Crippen LogP contribution is 2.37. The summed E-state index contributed by atoms with van der Waals surface area (Å²) in [6, 6.07) is 3.65. The zero-order valence-corrected chi connectivity index (χ0v) is 9.90. The van der Waals surface area contributed by atoms with Crippen molar-refractivity contribution in [3.05, 3.63) is 35.3 Å². The third-order valence-corrected chi connectivity index (χ3v) is 2.89. The van der Waals surface area contributed by atoms with Gasteiger partial charge in [0.1, 0.15) is 11.5 Å². The quantitative estimate of drug-likeness (QED) is 0.821. The van der Waals surface area contributed by atoms with E-state index in [1.807, 2.05) is 0 Å². The van der Waals surface area contributed by atoms with E-state index < -0.39 is 17.7 Å². The maximum Gasteiger partial charge on any atom is 0.431 e. The Morgan fingerprint density at radius 3 is 2.50 bits per heavy atom. The fourth-order valence-electron chi connectivity index (χ4n) is 2.21. The van der Waals surface area contributed by atoms with Crippen molar-refractivity contribution in [3.8, 4) is 0 Å². The Balaban J connectivity index is 2.83. The molecule has 0 atom stereocenters. The summed E-state index contributed by atoms with van der Waals surface area (Å²) in [6.07, 6.45) is -4.46. The minimum atomic E-state index is -4.46. The molecule has 0 saturated carbocycles. The molecule has 1 aromatic heterocycles. The van der Waals surface area contributed by atoms with E-state index in [1.165, 1.54) is 13.1 Å². The number of hydrogen-bond acceptors (Lipinski definition) is 1. The third kappa shape index (κ3) is 1.96. The summed E-state index contributed by atoms with van der Waals surface area (Å²) in [4.78, 5) is 0. The van der Waals surface area contributed by atoms with Crippen LogP contribution in [0.4, 0.5) is 17.6 Å². The van der Waals surface area contributed by atoms with Gasteiger partial charge >= 0.3 is 6.18 Å². The van der Waals surface area contributed by atoms with Crippen molar-refractivity contribution >= 4 is 10.9 Å². The van der Waals surface area contributed by atoms with E-state index in [0.717, 1.165) is 16.7 Å². The molecule has 0 aliphatic rings. The van der Waals surface area contributed by atoms with Gasteiger partial charge in [-0.25, -0.2) is 4.39 Å². The first-order valence-corrected chi connectivity index (χ1v) is 5.35. The molecule has 0 radical (unpaired) electrons. The Morgan fingerprint density at radius 2 is 1.94 bits per heavy atom. The molecule has 0 fully saturated rings. The summed E-state index contributed by atoms with van der Waals surface area (Å²) >= 11 is 0. The Bertz CT molecular complexity index is 584. The zero-order chi connectivity index (χ0) is 13.5. The van der Waals surface area contributed by atoms with Gasteiger partial charge in [0, 0.05) is 30.1 Å². The van der Waals surface area contributed by atoms with Crippen LogP contribution in [0.25, 0.3) is 10.9 Å². The molecule has 0 aliphatic heterocycles. The van der Waals surface area contributed by atoms with Crippen LogP contribution in [0.1, 0.15) is 11.3 Å². The summed E-state index contributed by atoms with van der Waals surface area (Å²) in [6.45, 7) is 0.0373. The highest BCUT2D eigenvalue weighted by atomic mass is 19.4. The number of nitrogens with one attached hydrogen (secondary N) is 1. The first-order chi connectivity index (χ1) is 8.36. The van der Waals surface area contributed by atoms with Gasteiger partial charge in [-0.2, -0.15) is 13.2 Å². The summed E-state index contributed by atoms with van der Waals surface area (Å²) in [5, 5.41) is 2.98. The molecule has 98 valence electrons. The van der Waals surface area contributed by atoms with Crippen molar-refractivity contribution in [2.75, 3.05) is 7.05 Å². The number of fused-ring (bicyclic) bond motifs is 1. The monoisotopic (exact) mass is 260 g/mol. The number of rotatable bonds is 2. The number of hydrogen-bond donors (Lipinski definition) is 1. The van der Waals surface area contributed by atoms with Crippen LogP contribution in [-0.2, 0) is 19.8 Å². The number of benzene rings is 1. The molecule has 18 heavy (non-hydrogen) atoms. The molecule has 1 heterocycles. The predicted octanol–water partition coefficient (Wildman–Crippen LogP) is 3.06. The highest BCUT2D eigenvalue weighted by Gasteiger charge is 2.38. The van der Waals surface area contributed by atoms with E-state index >= 15 is 0 Å². The second-order valence-corrected chi connectivity index (χ2v) is 4.08. The minimum absolute atomic E-state index is 0.0373. The van der Waals surface area contributed by atoms with Gasteiger partial charge in [0.2, 0.25) is 0 Å². The topological polar surface area (TPSA) is 17.0 Å². The lowest BCUT2D eigenvalue weighted by atomic mass is 10.1. The Morgan fingerprint density at radius 1 is 1.28 bits per heavy atom. The third-order valence-electron chi connectivity index (χ3n) is 2.89. The van der Waals surface area contributed by atoms with E-state index in [4.69, 9.17) is 0 Å². The standard InChI is InChI=1S/C12H12F4N2/c1-17-6-9-8-5-7(13)3-4-10(8)18(2)11(9)12(14,15)16/h3-5,17H,6H2,1-2H3. The number of aryl methyl sites for hydroxylation is 1. The molecule has 2 rings (SSSR count). The molecule has 0 saturated heterocycles. The number of halogens is 4. The molecule has 0 bridgehead atoms. The normalized spacial score (nSPS) is 12.3. The fourth-order valence-corrected chi connectivity index (χ4v) is 2.21. The molecule has 1 aromatic carbocycles. The van der Waals surface area contributed by atoms with E-state index in [1.54, 1.807) is 7.05 Å². The van der Waals surface area contributed by atoms with E-state index in [9.17, 15) is 17.6 Å². The van der Waals surface area contributed by atoms with Crippen LogP contribution < -0.4 is 5.32 Å². The molecule has 0 spiro atoms. The second-order valence-electron chi connectivity index (χ2n) is 4.08. The van der Waals surface area contributed by atoms with Crippen molar-refractivity contribution in [2.45, 2.75) is 12.7 Å². The van der Waals surface area contributed by atoms with Crippen LogP contribution in [-0.4, -0.2) is 11.6 Å². The maximum absolute atomic E-state index is 13.2. The van der Waals surface area contributed by atoms with Gasteiger partial charge in [-0.05, 0) is 25.2 Å². The van der Waals surface area contributed by atoms with Crippen LogP contribution in [0, 0.1) is 5.82 Å². The fraction of sp³-hybridized carbons (Fsp3) is 0.333. The summed E-state index contributed by atoms with van der Waals surface area (Å²) in [7, 11) is 2.89. The van der Waals surface area contributed by atoms with Crippen molar-refractivity contribution in [3.63, 3.8) is 0 Å². The Kier molecular flexibility index (Phi) is 3.06. The zero-order valence-electron chi connectivity index (χ0n) is 9.90. The summed E-state index contributed by atoms with van der Waals surface area (Å²) in [5.74, 6) is -0.542. The lowest BCUT2D eigenvalue weighted by Gasteiger charge is -2.11. The molecule has 6 heteroatoms.